The predicted octanol–water partition coefficient (Wildman–Crippen LogP) is 5.72. The molecular weight excluding hydrogens is 439 g/mol. The Labute approximate surface area is 200 Å². The van der Waals surface area contributed by atoms with E-state index in [0.29, 0.717) is 11.8 Å². The number of anilines is 1. The van der Waals surface area contributed by atoms with Gasteiger partial charge in [0.2, 0.25) is 5.91 Å². The number of halogens is 3. The molecule has 4 rings (SSSR count). The molecule has 1 aliphatic carbocycles. The number of allylic oxidation sites excluding steroid dienone is 3. The van der Waals surface area contributed by atoms with Crippen molar-refractivity contribution in [3.8, 4) is 0 Å². The van der Waals surface area contributed by atoms with Gasteiger partial charge in [-0.05, 0) is 80.2 Å². The van der Waals surface area contributed by atoms with Crippen LogP contribution in [0.15, 0.2) is 42.5 Å². The molecule has 1 unspecified atom stereocenters. The van der Waals surface area contributed by atoms with Crippen molar-refractivity contribution in [3.63, 3.8) is 0 Å². The molecule has 2 heterocycles. The maximum Gasteiger partial charge on any atom is 0.416 e. The molecule has 0 aromatic heterocycles. The quantitative estimate of drug-likeness (QED) is 0.531. The lowest BCUT2D eigenvalue weighted by atomic mass is 9.70. The third-order valence-electron chi connectivity index (χ3n) is 8.00. The Hall–Kier alpha value is -2.28. The van der Waals surface area contributed by atoms with Crippen LogP contribution in [0.3, 0.4) is 0 Å². The SMILES string of the molecule is C[C@H](CC[C@@H]1[C@H](C)c2cc(C(F)(F)F)ccc2N[C@H]1C1C=CC=CC1)CN1CCC[C@@H]1C(N)=O. The van der Waals surface area contributed by atoms with Gasteiger partial charge in [-0.25, -0.2) is 0 Å². The minimum atomic E-state index is -4.35. The van der Waals surface area contributed by atoms with E-state index in [-0.39, 0.29) is 29.8 Å². The Morgan fingerprint density at radius 2 is 2.09 bits per heavy atom. The Bertz CT molecular complexity index is 942. The second kappa shape index (κ2) is 10.1. The van der Waals surface area contributed by atoms with Crippen molar-refractivity contribution in [1.82, 2.24) is 4.90 Å². The molecule has 3 aliphatic rings. The summed E-state index contributed by atoms with van der Waals surface area (Å²) in [6.07, 6.45) is 8.77. The van der Waals surface area contributed by atoms with Crippen LogP contribution in [0.2, 0.25) is 0 Å². The lowest BCUT2D eigenvalue weighted by Gasteiger charge is -2.43. The lowest BCUT2D eigenvalue weighted by Crippen LogP contribution is -2.43. The number of fused-ring (bicyclic) bond motifs is 1. The molecule has 3 N–H and O–H groups in total. The van der Waals surface area contributed by atoms with Crippen molar-refractivity contribution in [2.24, 2.45) is 23.5 Å². The molecule has 1 saturated heterocycles. The fraction of sp³-hybridized carbons (Fsp3) is 0.593. The monoisotopic (exact) mass is 475 g/mol. The topological polar surface area (TPSA) is 58.4 Å². The average Bonchev–Trinajstić information content (AvgIpc) is 3.26. The molecule has 4 nitrogen and oxygen atoms in total. The lowest BCUT2D eigenvalue weighted by molar-refractivity contribution is -0.137. The number of likely N-dealkylation sites (tertiary alicyclic amines) is 1. The van der Waals surface area contributed by atoms with Crippen LogP contribution in [0.4, 0.5) is 18.9 Å². The smallest absolute Gasteiger partial charge is 0.381 e. The summed E-state index contributed by atoms with van der Waals surface area (Å²) in [5.41, 5.74) is 6.57. The minimum absolute atomic E-state index is 0.0141. The van der Waals surface area contributed by atoms with E-state index < -0.39 is 11.7 Å². The van der Waals surface area contributed by atoms with Gasteiger partial charge in [0.25, 0.3) is 0 Å². The number of nitrogens with one attached hydrogen (secondary N) is 1. The van der Waals surface area contributed by atoms with Gasteiger partial charge in [0.05, 0.1) is 11.6 Å². The number of hydrogen-bond donors (Lipinski definition) is 2. The molecule has 186 valence electrons. The van der Waals surface area contributed by atoms with Gasteiger partial charge in [0, 0.05) is 24.2 Å². The largest absolute Gasteiger partial charge is 0.416 e. The number of carbonyl (C=O) groups excluding carboxylic acids is 1. The summed E-state index contributed by atoms with van der Waals surface area (Å²) < 4.78 is 40.2. The van der Waals surface area contributed by atoms with Crippen molar-refractivity contribution in [3.05, 3.63) is 53.6 Å². The maximum absolute atomic E-state index is 13.4. The summed E-state index contributed by atoms with van der Waals surface area (Å²) in [5.74, 6) is 0.660. The summed E-state index contributed by atoms with van der Waals surface area (Å²) in [6, 6.07) is 4.10. The fourth-order valence-electron chi connectivity index (χ4n) is 6.13. The molecule has 1 aromatic carbocycles. The normalized spacial score (nSPS) is 30.1. The second-order valence-electron chi connectivity index (χ2n) is 10.4. The van der Waals surface area contributed by atoms with Crippen LogP contribution in [0.5, 0.6) is 0 Å². The van der Waals surface area contributed by atoms with E-state index in [1.807, 2.05) is 0 Å². The molecule has 6 atom stereocenters. The van der Waals surface area contributed by atoms with Crippen LogP contribution in [0.25, 0.3) is 0 Å². The van der Waals surface area contributed by atoms with Crippen LogP contribution >= 0.6 is 0 Å². The highest BCUT2D eigenvalue weighted by molar-refractivity contribution is 5.80. The zero-order valence-corrected chi connectivity index (χ0v) is 20.0. The number of primary amides is 1. The highest BCUT2D eigenvalue weighted by Crippen LogP contribution is 2.46. The van der Waals surface area contributed by atoms with Crippen molar-refractivity contribution in [1.29, 1.82) is 0 Å². The molecule has 0 spiro atoms. The van der Waals surface area contributed by atoms with Crippen molar-refractivity contribution in [2.75, 3.05) is 18.4 Å². The number of carbonyl (C=O) groups is 1. The standard InChI is InChI=1S/C27H36F3N3O/c1-17(16-33-14-6-9-24(33)26(31)34)10-12-21-18(2)22-15-20(27(28,29)30)11-13-23(22)32-25(21)19-7-4-3-5-8-19/h3-5,7,11,13,15,17-19,21,24-25,32H,6,8-10,12,14,16H2,1-2H3,(H2,31,34)/t17-,18+,19?,21-,24-,25+/m1/s1. The summed E-state index contributed by atoms with van der Waals surface area (Å²) in [4.78, 5) is 14.0. The maximum atomic E-state index is 13.4. The van der Waals surface area contributed by atoms with Gasteiger partial charge in [-0.15, -0.1) is 0 Å². The Balaban J connectivity index is 1.51. The van der Waals surface area contributed by atoms with Crippen LogP contribution in [-0.2, 0) is 11.0 Å². The first kappa shape index (κ1) is 24.8. The summed E-state index contributed by atoms with van der Waals surface area (Å²) in [6.45, 7) is 6.00. The molecule has 0 saturated carbocycles. The Morgan fingerprint density at radius 1 is 1.29 bits per heavy atom. The van der Waals surface area contributed by atoms with E-state index in [2.05, 4.69) is 48.4 Å². The number of alkyl halides is 3. The van der Waals surface area contributed by atoms with E-state index in [4.69, 9.17) is 5.73 Å². The van der Waals surface area contributed by atoms with Gasteiger partial charge < -0.3 is 11.1 Å². The number of nitrogens with zero attached hydrogens (tertiary/aromatic N) is 1. The number of rotatable bonds is 7. The van der Waals surface area contributed by atoms with Crippen molar-refractivity contribution < 1.29 is 18.0 Å². The highest BCUT2D eigenvalue weighted by atomic mass is 19.4. The first-order valence-electron chi connectivity index (χ1n) is 12.5. The second-order valence-corrected chi connectivity index (χ2v) is 10.4. The molecule has 1 amide bonds. The van der Waals surface area contributed by atoms with Crippen LogP contribution in [0.1, 0.15) is 63.0 Å². The molecule has 0 radical (unpaired) electrons. The van der Waals surface area contributed by atoms with Gasteiger partial charge in [-0.1, -0.05) is 38.2 Å². The number of benzene rings is 1. The molecule has 7 heteroatoms. The van der Waals surface area contributed by atoms with E-state index in [9.17, 15) is 18.0 Å². The molecule has 1 fully saturated rings. The van der Waals surface area contributed by atoms with Crippen LogP contribution < -0.4 is 11.1 Å². The zero-order chi connectivity index (χ0) is 24.5. The van der Waals surface area contributed by atoms with Gasteiger partial charge in [0.1, 0.15) is 0 Å². The molecule has 2 aliphatic heterocycles. The zero-order valence-electron chi connectivity index (χ0n) is 20.0. The van der Waals surface area contributed by atoms with Gasteiger partial charge in [0.15, 0.2) is 0 Å². The van der Waals surface area contributed by atoms with Crippen LogP contribution in [-0.4, -0.2) is 36.0 Å². The molecule has 0 bridgehead atoms. The first-order chi connectivity index (χ1) is 16.1. The van der Waals surface area contributed by atoms with Gasteiger partial charge >= 0.3 is 6.18 Å². The van der Waals surface area contributed by atoms with E-state index in [0.717, 1.165) is 56.4 Å². The van der Waals surface area contributed by atoms with Gasteiger partial charge in [-0.2, -0.15) is 13.2 Å². The fourth-order valence-corrected chi connectivity index (χ4v) is 6.13. The number of amides is 1. The van der Waals surface area contributed by atoms with Crippen molar-refractivity contribution in [2.45, 2.75) is 70.1 Å². The van der Waals surface area contributed by atoms with E-state index >= 15 is 0 Å². The molecular formula is C27H36F3N3O. The predicted molar refractivity (Wildman–Crippen MR) is 129 cm³/mol. The number of hydrogen-bond acceptors (Lipinski definition) is 3. The number of nitrogens with two attached hydrogens (primary N) is 1. The summed E-state index contributed by atoms with van der Waals surface area (Å²) >= 11 is 0. The van der Waals surface area contributed by atoms with Crippen LogP contribution in [0, 0.1) is 17.8 Å². The van der Waals surface area contributed by atoms with E-state index in [1.165, 1.54) is 12.1 Å². The van der Waals surface area contributed by atoms with Gasteiger partial charge in [-0.3, -0.25) is 9.69 Å². The first-order valence-corrected chi connectivity index (χ1v) is 12.5. The van der Waals surface area contributed by atoms with E-state index in [1.54, 1.807) is 6.07 Å². The average molecular weight is 476 g/mol. The van der Waals surface area contributed by atoms with Crippen molar-refractivity contribution >= 4 is 11.6 Å². The Morgan fingerprint density at radius 3 is 2.76 bits per heavy atom. The Kier molecular flexibility index (Phi) is 7.41. The summed E-state index contributed by atoms with van der Waals surface area (Å²) in [7, 11) is 0. The highest BCUT2D eigenvalue weighted by Gasteiger charge is 2.39. The summed E-state index contributed by atoms with van der Waals surface area (Å²) in [5, 5.41) is 3.62. The minimum Gasteiger partial charge on any atom is -0.381 e. The third kappa shape index (κ3) is 5.35. The molecule has 34 heavy (non-hydrogen) atoms. The molecule has 1 aromatic rings. The third-order valence-corrected chi connectivity index (χ3v) is 8.00.